The highest BCUT2D eigenvalue weighted by Crippen LogP contribution is 2.48. The number of nitriles is 2. The van der Waals surface area contributed by atoms with Gasteiger partial charge in [0.15, 0.2) is 49.2 Å². The van der Waals surface area contributed by atoms with Crippen LogP contribution in [-0.4, -0.2) is 104 Å². The largest absolute Gasteiger partial charge is 0.495 e. The Balaban J connectivity index is 0.000000151. The molecule has 0 unspecified atom stereocenters. The number of sulfone groups is 5. The first-order valence-corrected chi connectivity index (χ1v) is 48.3. The molecule has 35 heteroatoms. The molecule has 0 atom stereocenters. The topological polar surface area (TPSA) is 382 Å². The van der Waals surface area contributed by atoms with Crippen LogP contribution in [0.2, 0.25) is 8.67 Å². The second kappa shape index (κ2) is 37.0. The predicted molar refractivity (Wildman–Crippen MR) is 459 cm³/mol. The maximum atomic E-state index is 13.8. The minimum Gasteiger partial charge on any atom is -0.495 e. The van der Waals surface area contributed by atoms with E-state index in [1.165, 1.54) is 109 Å². The lowest BCUT2D eigenvalue weighted by molar-refractivity contribution is -0.137. The van der Waals surface area contributed by atoms with Gasteiger partial charge < -0.3 is 29.7 Å². The summed E-state index contributed by atoms with van der Waals surface area (Å²) in [5, 5.41) is 55.9. The highest BCUT2D eigenvalue weighted by molar-refractivity contribution is 7.92. The molecule has 124 heavy (non-hydrogen) atoms. The monoisotopic (exact) mass is 1860 g/mol. The van der Waals surface area contributed by atoms with Crippen molar-refractivity contribution in [3.63, 3.8) is 0 Å². The van der Waals surface area contributed by atoms with Crippen LogP contribution < -0.4 is 4.74 Å². The molecule has 0 radical (unpaired) electrons. The third-order valence-corrected chi connectivity index (χ3v) is 30.8. The number of carbonyl (C=O) groups is 4. The number of aromatic carboxylic acids is 4. The van der Waals surface area contributed by atoms with Crippen molar-refractivity contribution in [2.75, 3.05) is 13.4 Å². The van der Waals surface area contributed by atoms with Crippen molar-refractivity contribution in [3.8, 4) is 55.6 Å². The van der Waals surface area contributed by atoms with Gasteiger partial charge in [-0.15, -0.1) is 22.7 Å². The number of halogens is 6. The van der Waals surface area contributed by atoms with Crippen molar-refractivity contribution in [2.45, 2.75) is 117 Å². The summed E-state index contributed by atoms with van der Waals surface area (Å²) in [6, 6.07) is 51.5. The molecule has 3 heterocycles. The lowest BCUT2D eigenvalue weighted by Crippen LogP contribution is -2.12. The Hall–Kier alpha value is -11.6. The van der Waals surface area contributed by atoms with Gasteiger partial charge in [-0.3, -0.25) is 0 Å². The van der Waals surface area contributed by atoms with Crippen molar-refractivity contribution in [1.82, 2.24) is 4.57 Å². The molecule has 3 saturated carbocycles. The van der Waals surface area contributed by atoms with Crippen LogP contribution in [0, 0.1) is 35.4 Å². The molecule has 0 bridgehead atoms. The van der Waals surface area contributed by atoms with Crippen LogP contribution in [0.15, 0.2) is 237 Å². The molecule has 3 fully saturated rings. The molecule has 0 spiro atoms. The summed E-state index contributed by atoms with van der Waals surface area (Å²) in [4.78, 5) is 46.6. The smallest absolute Gasteiger partial charge is 0.416 e. The molecule has 0 saturated heterocycles. The summed E-state index contributed by atoms with van der Waals surface area (Å²) in [7, 11) is -18.3. The molecule has 22 nitrogen and oxygen atoms in total. The van der Waals surface area contributed by atoms with Crippen LogP contribution >= 0.6 is 45.9 Å². The normalized spacial score (nSPS) is 13.4. The number of aryl methyl sites for hydroxylation is 1. The predicted octanol–water partition coefficient (Wildman–Crippen LogP) is 19.9. The van der Waals surface area contributed by atoms with E-state index in [1.807, 2.05) is 18.2 Å². The summed E-state index contributed by atoms with van der Waals surface area (Å²) in [6.45, 7) is 1.71. The van der Waals surface area contributed by atoms with Crippen LogP contribution in [0.1, 0.15) is 159 Å². The van der Waals surface area contributed by atoms with Crippen molar-refractivity contribution in [2.24, 2.45) is 0 Å². The van der Waals surface area contributed by atoms with E-state index >= 15 is 0 Å². The Morgan fingerprint density at radius 3 is 1.31 bits per heavy atom. The van der Waals surface area contributed by atoms with Gasteiger partial charge in [-0.1, -0.05) is 65.7 Å². The third kappa shape index (κ3) is 21.9. The van der Waals surface area contributed by atoms with E-state index in [0.29, 0.717) is 80.4 Å². The molecule has 3 aliphatic carbocycles. The second-order valence-corrected chi connectivity index (χ2v) is 42.6. The first-order valence-electron chi connectivity index (χ1n) is 37.4. The van der Waals surface area contributed by atoms with Crippen molar-refractivity contribution < 1.29 is 104 Å². The second-order valence-electron chi connectivity index (χ2n) is 29.4. The number of alkyl halides is 3. The zero-order chi connectivity index (χ0) is 89.9. The average Bonchev–Trinajstić information content (AvgIpc) is 1.71. The lowest BCUT2D eigenvalue weighted by atomic mass is 9.95. The van der Waals surface area contributed by atoms with E-state index in [9.17, 15) is 110 Å². The molecular weight excluding hydrogens is 1790 g/mol. The molecule has 4 N–H and O–H groups in total. The van der Waals surface area contributed by atoms with Gasteiger partial charge in [0, 0.05) is 34.1 Å². The Morgan fingerprint density at radius 1 is 0.476 bits per heavy atom. The summed E-state index contributed by atoms with van der Waals surface area (Å²) < 4.78 is 193. The van der Waals surface area contributed by atoms with E-state index in [0.717, 1.165) is 85.3 Å². The van der Waals surface area contributed by atoms with Crippen LogP contribution in [0.5, 0.6) is 5.75 Å². The van der Waals surface area contributed by atoms with E-state index in [-0.39, 0.29) is 92.7 Å². The van der Waals surface area contributed by atoms with Crippen molar-refractivity contribution >= 4 is 119 Å². The van der Waals surface area contributed by atoms with Crippen LogP contribution in [-0.2, 0) is 78.4 Å². The van der Waals surface area contributed by atoms with E-state index in [1.54, 1.807) is 103 Å². The Labute approximate surface area is 728 Å². The van der Waals surface area contributed by atoms with Gasteiger partial charge in [-0.2, -0.15) is 23.7 Å². The zero-order valence-corrected chi connectivity index (χ0v) is 72.6. The van der Waals surface area contributed by atoms with Gasteiger partial charge in [0.2, 0.25) is 0 Å². The first kappa shape index (κ1) is 91.6. The number of carboxylic acid groups (broad SMARTS) is 4. The van der Waals surface area contributed by atoms with Gasteiger partial charge >= 0.3 is 30.1 Å². The quantitative estimate of drug-likeness (QED) is 0.0386. The number of hydrogen-bond donors (Lipinski definition) is 4. The number of rotatable bonds is 25. The molecule has 0 amide bonds. The number of benzene rings is 9. The fourth-order valence-electron chi connectivity index (χ4n) is 13.8. The van der Waals surface area contributed by atoms with Gasteiger partial charge in [0.25, 0.3) is 0 Å². The fourth-order valence-corrected chi connectivity index (χ4v) is 23.4. The Morgan fingerprint density at radius 2 is 0.903 bits per heavy atom. The summed E-state index contributed by atoms with van der Waals surface area (Å²) in [5.74, 6) is -7.20. The number of carboxylic acids is 4. The van der Waals surface area contributed by atoms with Crippen LogP contribution in [0.25, 0.3) is 37.7 Å². The molecule has 9 aromatic carbocycles. The molecule has 15 rings (SSSR count). The maximum Gasteiger partial charge on any atom is 0.416 e. The number of nitrogens with zero attached hydrogens (tertiary/aromatic N) is 3. The number of thiophene rings is 2. The van der Waals surface area contributed by atoms with Gasteiger partial charge in [0.1, 0.15) is 16.5 Å². The number of methoxy groups -OCH3 is 1. The number of ether oxygens (including phenoxy) is 1. The van der Waals surface area contributed by atoms with Crippen LogP contribution in [0.4, 0.5) is 17.6 Å². The average molecular weight is 1860 g/mol. The van der Waals surface area contributed by atoms with Gasteiger partial charge in [-0.25, -0.2) is 65.7 Å². The summed E-state index contributed by atoms with van der Waals surface area (Å²) >= 11 is 14.5. The third-order valence-electron chi connectivity index (χ3n) is 20.4. The van der Waals surface area contributed by atoms with E-state index in [4.69, 9.17) is 27.9 Å². The SMILES string of the molecule is COc1ccc(C(=O)O)cc1S(=O)(=O)Cc1cc(C#N)c(C)cc1-c1cccc(F)c1.CS(=O)(=O)c1ccc(-n2cccc2)c(CS(=O)(=O)c2cc(C(=O)O)ccc2C2CC2)c1.N#Cc1ccc(-c2ccc(Cl)s2)c(CS(=O)(=O)c2cc(C(=O)O)ccc2C2CC2)c1.O=C(O)c1ccc(C2CC2)c(S(=O)(=O)Cc2cc(C(F)(F)F)ccc2-c2ccc(Cl)s2)c1. The fraction of sp³-hybridized carbons (Fsp3) is 0.191. The summed E-state index contributed by atoms with van der Waals surface area (Å²) in [5.41, 5.74) is 5.09. The Bertz CT molecular complexity index is 6970. The van der Waals surface area contributed by atoms with Crippen LogP contribution in [0.3, 0.4) is 0 Å². The molecule has 3 aliphatic rings. The molecule has 0 aliphatic heterocycles. The Kier molecular flexibility index (Phi) is 27.4. The highest BCUT2D eigenvalue weighted by atomic mass is 35.5. The van der Waals surface area contributed by atoms with Crippen molar-refractivity contribution in [3.05, 3.63) is 311 Å². The first-order chi connectivity index (χ1) is 58.4. The standard InChI is InChI=1S/C23H18FNO5S.C22H16ClF3O4S2.C22H16ClNO4S2.C22H21NO6S2/c1-14-8-20(15-4-3-5-19(24)10-15)18(9-17(14)12-25)13-31(28,29)22-11-16(23(26)27)6-7-21(22)30-2;23-20-8-7-18(31-20)16-6-4-15(22(24,25)26)9-14(16)11-32(29,30)19-10-13(21(27)28)3-5-17(19)12-1-2-12;23-21-8-7-19(29-21)17-5-1-13(11-24)9-16(17)12-30(27,28)20-10-15(22(25)26)4-6-18(20)14-2-3-14;1-30(26,27)18-7-9-20(23-10-2-3-11-23)17(12-18)14-31(28,29)21-13-16(22(24)25)6-8-19(21)15-4-5-15/h3-11H,13H2,1-2H3,(H,26,27);3-10,12H,1-2,11H2,(H,27,28);1,4-10,14H,2-3,12H2,(H,25,26);2-3,6-13,15H,4-5,14H2,1H3,(H,24,25). The van der Waals surface area contributed by atoms with Crippen molar-refractivity contribution in [1.29, 1.82) is 10.5 Å². The lowest BCUT2D eigenvalue weighted by Gasteiger charge is -2.15. The summed E-state index contributed by atoms with van der Waals surface area (Å²) in [6.07, 6.45) is 4.94. The molecule has 12 aromatic rings. The number of aromatic nitrogens is 1. The number of hydrogen-bond acceptors (Lipinski definition) is 19. The minimum absolute atomic E-state index is 0.000276. The van der Waals surface area contributed by atoms with Gasteiger partial charge in [-0.05, 0) is 288 Å². The molecular formula is C89H71Cl2F4N3O19S7. The maximum absolute atomic E-state index is 13.8. The molecule has 3 aromatic heterocycles. The van der Waals surface area contributed by atoms with E-state index < -0.39 is 108 Å². The minimum atomic E-state index is -4.65. The highest BCUT2D eigenvalue weighted by Gasteiger charge is 2.38. The van der Waals surface area contributed by atoms with E-state index in [2.05, 4.69) is 0 Å². The van der Waals surface area contributed by atoms with Gasteiger partial charge in [0.05, 0.1) is 109 Å². The molecule has 640 valence electrons. The zero-order valence-electron chi connectivity index (χ0n) is 65.4.